The van der Waals surface area contributed by atoms with Crippen molar-refractivity contribution < 1.29 is 19.4 Å². The van der Waals surface area contributed by atoms with Crippen molar-refractivity contribution in [3.63, 3.8) is 0 Å². The van der Waals surface area contributed by atoms with Gasteiger partial charge in [-0.15, -0.1) is 0 Å². The van der Waals surface area contributed by atoms with Gasteiger partial charge in [0.2, 0.25) is 0 Å². The summed E-state index contributed by atoms with van der Waals surface area (Å²) in [4.78, 5) is 10.1. The van der Waals surface area contributed by atoms with Crippen molar-refractivity contribution in [2.24, 2.45) is 0 Å². The van der Waals surface area contributed by atoms with Gasteiger partial charge in [0.1, 0.15) is 0 Å². The molecule has 0 fully saturated rings. The first-order valence-electron chi connectivity index (χ1n) is 4.45. The van der Waals surface area contributed by atoms with Gasteiger partial charge in [-0.1, -0.05) is 13.3 Å². The summed E-state index contributed by atoms with van der Waals surface area (Å²) < 4.78 is 9.71. The molecule has 0 rings (SSSR count). The Labute approximate surface area is 78.8 Å². The molecule has 0 saturated carbocycles. The van der Waals surface area contributed by atoms with Crippen molar-refractivity contribution in [1.29, 1.82) is 0 Å². The first-order chi connectivity index (χ1) is 6.04. The van der Waals surface area contributed by atoms with E-state index in [1.54, 1.807) is 7.11 Å². The minimum atomic E-state index is -1.23. The highest BCUT2D eigenvalue weighted by molar-refractivity contribution is 5.56. The van der Waals surface area contributed by atoms with Crippen LogP contribution < -0.4 is 0 Å². The molecule has 4 nitrogen and oxygen atoms in total. The van der Waals surface area contributed by atoms with Crippen LogP contribution in [0.2, 0.25) is 0 Å². The average Bonchev–Trinajstić information content (AvgIpc) is 2.04. The van der Waals surface area contributed by atoms with E-state index in [0.29, 0.717) is 6.42 Å². The van der Waals surface area contributed by atoms with E-state index in [-0.39, 0.29) is 12.2 Å². The Balaban J connectivity index is 3.76. The molecule has 0 heterocycles. The summed E-state index contributed by atoms with van der Waals surface area (Å²) in [6.45, 7) is 4.22. The Kier molecular flexibility index (Phi) is 5.46. The fourth-order valence-corrected chi connectivity index (χ4v) is 1.21. The molecule has 13 heavy (non-hydrogen) atoms. The highest BCUT2D eigenvalue weighted by Crippen LogP contribution is 2.20. The van der Waals surface area contributed by atoms with Crippen molar-refractivity contribution in [2.45, 2.75) is 38.7 Å². The van der Waals surface area contributed by atoms with E-state index in [9.17, 15) is 4.79 Å². The van der Waals surface area contributed by atoms with Gasteiger partial charge >= 0.3 is 6.16 Å². The number of carbonyl (C=O) groups is 1. The molecule has 0 saturated heterocycles. The molecule has 0 aromatic heterocycles. The summed E-state index contributed by atoms with van der Waals surface area (Å²) in [5.74, 6) is 0. The van der Waals surface area contributed by atoms with E-state index in [1.807, 2.05) is 6.92 Å². The van der Waals surface area contributed by atoms with Crippen LogP contribution in [0, 0.1) is 0 Å². The van der Waals surface area contributed by atoms with Crippen LogP contribution in [-0.2, 0) is 9.47 Å². The SMILES string of the molecule is CCCC(C)(CCOC(=O)O)OC. The molecule has 0 aliphatic heterocycles. The van der Waals surface area contributed by atoms with E-state index in [0.717, 1.165) is 12.8 Å². The third-order valence-corrected chi connectivity index (χ3v) is 2.13. The molecule has 78 valence electrons. The molecule has 0 aliphatic carbocycles. The van der Waals surface area contributed by atoms with Gasteiger partial charge in [0.25, 0.3) is 0 Å². The lowest BCUT2D eigenvalue weighted by Gasteiger charge is -2.27. The van der Waals surface area contributed by atoms with Gasteiger partial charge in [-0.25, -0.2) is 4.79 Å². The maximum absolute atomic E-state index is 10.1. The van der Waals surface area contributed by atoms with Gasteiger partial charge < -0.3 is 14.6 Å². The van der Waals surface area contributed by atoms with Crippen molar-refractivity contribution in [3.05, 3.63) is 0 Å². The van der Waals surface area contributed by atoms with Gasteiger partial charge in [-0.05, 0) is 13.3 Å². The predicted octanol–water partition coefficient (Wildman–Crippen LogP) is 2.28. The monoisotopic (exact) mass is 190 g/mol. The minimum absolute atomic E-state index is 0.194. The molecule has 0 amide bonds. The first-order valence-corrected chi connectivity index (χ1v) is 4.45. The maximum Gasteiger partial charge on any atom is 0.505 e. The number of ether oxygens (including phenoxy) is 2. The summed E-state index contributed by atoms with van der Waals surface area (Å²) in [6.07, 6.45) is 1.29. The topological polar surface area (TPSA) is 55.8 Å². The molecule has 1 unspecified atom stereocenters. The predicted molar refractivity (Wildman–Crippen MR) is 48.9 cm³/mol. The lowest BCUT2D eigenvalue weighted by atomic mass is 9.97. The molecule has 0 bridgehead atoms. The van der Waals surface area contributed by atoms with Crippen LogP contribution >= 0.6 is 0 Å². The second kappa shape index (κ2) is 5.80. The van der Waals surface area contributed by atoms with Crippen molar-refractivity contribution in [3.8, 4) is 0 Å². The van der Waals surface area contributed by atoms with E-state index >= 15 is 0 Å². The molecule has 4 heteroatoms. The smallest absolute Gasteiger partial charge is 0.450 e. The lowest BCUT2D eigenvalue weighted by molar-refractivity contribution is -0.0253. The molecular weight excluding hydrogens is 172 g/mol. The fourth-order valence-electron chi connectivity index (χ4n) is 1.21. The van der Waals surface area contributed by atoms with Crippen LogP contribution in [0.4, 0.5) is 4.79 Å². The third kappa shape index (κ3) is 5.47. The Bertz CT molecular complexity index is 158. The molecule has 1 N–H and O–H groups in total. The number of rotatable bonds is 6. The van der Waals surface area contributed by atoms with Crippen LogP contribution in [0.15, 0.2) is 0 Å². The molecular formula is C9H18O4. The zero-order valence-corrected chi connectivity index (χ0v) is 8.50. The van der Waals surface area contributed by atoms with E-state index in [4.69, 9.17) is 9.84 Å². The number of hydrogen-bond donors (Lipinski definition) is 1. The lowest BCUT2D eigenvalue weighted by Crippen LogP contribution is -2.29. The van der Waals surface area contributed by atoms with Crippen LogP contribution in [0.3, 0.4) is 0 Å². The number of hydrogen-bond acceptors (Lipinski definition) is 3. The molecule has 0 aromatic carbocycles. The van der Waals surface area contributed by atoms with E-state index < -0.39 is 6.16 Å². The Morgan fingerprint density at radius 1 is 1.46 bits per heavy atom. The van der Waals surface area contributed by atoms with Crippen LogP contribution in [0.25, 0.3) is 0 Å². The van der Waals surface area contributed by atoms with Crippen molar-refractivity contribution in [2.75, 3.05) is 13.7 Å². The number of carboxylic acid groups (broad SMARTS) is 1. The summed E-state index contributed by atoms with van der Waals surface area (Å²) >= 11 is 0. The van der Waals surface area contributed by atoms with Crippen LogP contribution in [-0.4, -0.2) is 30.6 Å². The van der Waals surface area contributed by atoms with E-state index in [2.05, 4.69) is 11.7 Å². The normalized spacial score (nSPS) is 15.0. The van der Waals surface area contributed by atoms with Gasteiger partial charge in [-0.3, -0.25) is 0 Å². The highest BCUT2D eigenvalue weighted by atomic mass is 16.7. The van der Waals surface area contributed by atoms with Crippen molar-refractivity contribution in [1.82, 2.24) is 0 Å². The molecule has 0 aromatic rings. The van der Waals surface area contributed by atoms with E-state index in [1.165, 1.54) is 0 Å². The zero-order valence-electron chi connectivity index (χ0n) is 8.50. The standard InChI is InChI=1S/C9H18O4/c1-4-5-9(2,12-3)6-7-13-8(10)11/h4-7H2,1-3H3,(H,10,11). The summed E-state index contributed by atoms with van der Waals surface area (Å²) in [5, 5.41) is 8.25. The summed E-state index contributed by atoms with van der Waals surface area (Å²) in [7, 11) is 1.64. The Morgan fingerprint density at radius 3 is 2.46 bits per heavy atom. The maximum atomic E-state index is 10.1. The summed E-state index contributed by atoms with van der Waals surface area (Å²) in [5.41, 5.74) is -0.260. The second-order valence-electron chi connectivity index (χ2n) is 3.27. The fraction of sp³-hybridized carbons (Fsp3) is 0.889. The quantitative estimate of drug-likeness (QED) is 0.653. The second-order valence-corrected chi connectivity index (χ2v) is 3.27. The number of methoxy groups -OCH3 is 1. The zero-order chi connectivity index (χ0) is 10.3. The van der Waals surface area contributed by atoms with Crippen molar-refractivity contribution >= 4 is 6.16 Å². The third-order valence-electron chi connectivity index (χ3n) is 2.13. The van der Waals surface area contributed by atoms with Gasteiger partial charge in [0.05, 0.1) is 12.2 Å². The molecule has 0 aliphatic rings. The summed E-state index contributed by atoms with van der Waals surface area (Å²) in [6, 6.07) is 0. The first kappa shape index (κ1) is 12.2. The molecule has 0 radical (unpaired) electrons. The highest BCUT2D eigenvalue weighted by Gasteiger charge is 2.22. The van der Waals surface area contributed by atoms with Gasteiger partial charge in [0.15, 0.2) is 0 Å². The molecule has 1 atom stereocenters. The largest absolute Gasteiger partial charge is 0.505 e. The molecule has 0 spiro atoms. The Hall–Kier alpha value is -0.770. The average molecular weight is 190 g/mol. The van der Waals surface area contributed by atoms with Crippen LogP contribution in [0.1, 0.15) is 33.1 Å². The minimum Gasteiger partial charge on any atom is -0.450 e. The van der Waals surface area contributed by atoms with Gasteiger partial charge in [0, 0.05) is 13.5 Å². The van der Waals surface area contributed by atoms with Gasteiger partial charge in [-0.2, -0.15) is 0 Å². The Morgan fingerprint density at radius 2 is 2.08 bits per heavy atom. The van der Waals surface area contributed by atoms with Crippen LogP contribution in [0.5, 0.6) is 0 Å².